The summed E-state index contributed by atoms with van der Waals surface area (Å²) in [6.07, 6.45) is 6.60. The smallest absolute Gasteiger partial charge is 0.249 e. The normalized spacial score (nSPS) is 18.3. The molecule has 0 fully saturated rings. The van der Waals surface area contributed by atoms with Crippen LogP contribution < -0.4 is 11.1 Å². The van der Waals surface area contributed by atoms with Gasteiger partial charge in [-0.15, -0.1) is 0 Å². The Labute approximate surface area is 241 Å². The number of halogens is 2. The van der Waals surface area contributed by atoms with E-state index in [1.54, 1.807) is 30.4 Å². The highest BCUT2D eigenvalue weighted by Gasteiger charge is 2.47. The van der Waals surface area contributed by atoms with Crippen molar-refractivity contribution in [3.63, 3.8) is 0 Å². The zero-order valence-electron chi connectivity index (χ0n) is 22.7. The minimum Gasteiger partial charge on any atom is -0.391 e. The zero-order valence-corrected chi connectivity index (χ0v) is 24.2. The molecule has 8 heteroatoms. The second-order valence-electron chi connectivity index (χ2n) is 10.2. The molecule has 1 unspecified atom stereocenters. The molecule has 1 aliphatic carbocycles. The van der Waals surface area contributed by atoms with E-state index in [0.29, 0.717) is 41.7 Å². The monoisotopic (exact) mass is 571 g/mol. The number of carbonyl (C=O) groups excluding carboxylic acids is 2. The number of hydrogen-bond donors (Lipinski definition) is 3. The van der Waals surface area contributed by atoms with Crippen molar-refractivity contribution in [2.45, 2.75) is 52.2 Å². The summed E-state index contributed by atoms with van der Waals surface area (Å²) in [4.78, 5) is 28.6. The number of aliphatic hydroxyl groups is 1. The van der Waals surface area contributed by atoms with Crippen LogP contribution in [-0.2, 0) is 22.6 Å². The molecule has 2 aromatic carbocycles. The van der Waals surface area contributed by atoms with Crippen LogP contribution in [0.5, 0.6) is 0 Å². The number of carbonyl (C=O) groups is 2. The molecule has 0 radical (unpaired) electrons. The summed E-state index contributed by atoms with van der Waals surface area (Å²) in [5.74, 6) is -1.21. The Kier molecular flexibility index (Phi) is 11.6. The van der Waals surface area contributed by atoms with E-state index in [9.17, 15) is 14.7 Å². The molecule has 2 aromatic rings. The van der Waals surface area contributed by atoms with E-state index in [-0.39, 0.29) is 18.9 Å². The predicted octanol–water partition coefficient (Wildman–Crippen LogP) is 5.31. The van der Waals surface area contributed by atoms with Gasteiger partial charge in [0.25, 0.3) is 0 Å². The molecule has 0 saturated heterocycles. The maximum atomic E-state index is 13.5. The molecule has 0 spiro atoms. The third kappa shape index (κ3) is 7.95. The van der Waals surface area contributed by atoms with E-state index in [1.165, 1.54) is 0 Å². The van der Waals surface area contributed by atoms with Crippen molar-refractivity contribution in [2.75, 3.05) is 19.6 Å². The molecular weight excluding hydrogens is 533 g/mol. The van der Waals surface area contributed by atoms with Crippen molar-refractivity contribution in [1.82, 2.24) is 10.2 Å². The van der Waals surface area contributed by atoms with Gasteiger partial charge in [0.15, 0.2) is 0 Å². The first-order valence-electron chi connectivity index (χ1n) is 13.6. The molecule has 0 heterocycles. The fourth-order valence-corrected chi connectivity index (χ4v) is 5.59. The standard InChI is InChI=1S/C31H39Cl2N3O3/c1-3-15-36(16-4-2)29(38)24-11-8-14-31(19-24,30(34)39)25(17-22-9-6-5-7-10-22)28(37)21-35-20-23-12-13-26(32)27(33)18-23/h5-14,18,25,28,35,37H,3-4,15-17,19-21H2,1-2H3,(H2,34,39)/t25-,28+,31?/m1/s1. The van der Waals surface area contributed by atoms with Gasteiger partial charge >= 0.3 is 0 Å². The molecule has 1 aliphatic rings. The van der Waals surface area contributed by atoms with Crippen molar-refractivity contribution in [2.24, 2.45) is 17.1 Å². The Morgan fingerprint density at radius 1 is 1.05 bits per heavy atom. The quantitative estimate of drug-likeness (QED) is 0.286. The van der Waals surface area contributed by atoms with Crippen LogP contribution in [0.25, 0.3) is 0 Å². The molecule has 2 amide bonds. The Balaban J connectivity index is 1.87. The average Bonchev–Trinajstić information content (AvgIpc) is 2.93. The van der Waals surface area contributed by atoms with Gasteiger partial charge in [0.2, 0.25) is 11.8 Å². The summed E-state index contributed by atoms with van der Waals surface area (Å²) in [6.45, 7) is 6.04. The Bertz CT molecular complexity index is 1180. The SMILES string of the molecule is CCCN(CCC)C(=O)C1=CC=CC(C(N)=O)([C@H](Cc2ccccc2)[C@@H](O)CNCc2ccc(Cl)c(Cl)c2)C1. The van der Waals surface area contributed by atoms with E-state index >= 15 is 0 Å². The summed E-state index contributed by atoms with van der Waals surface area (Å²) in [5.41, 5.74) is 7.29. The van der Waals surface area contributed by atoms with Crippen LogP contribution in [0.1, 0.15) is 44.2 Å². The lowest BCUT2D eigenvalue weighted by atomic mass is 9.64. The maximum Gasteiger partial charge on any atom is 0.249 e. The van der Waals surface area contributed by atoms with Crippen LogP contribution in [-0.4, -0.2) is 47.6 Å². The summed E-state index contributed by atoms with van der Waals surface area (Å²) >= 11 is 12.2. The number of rotatable bonds is 14. The van der Waals surface area contributed by atoms with Crippen LogP contribution in [0.3, 0.4) is 0 Å². The summed E-state index contributed by atoms with van der Waals surface area (Å²) < 4.78 is 0. The minimum atomic E-state index is -1.23. The van der Waals surface area contributed by atoms with Crippen LogP contribution in [0.15, 0.2) is 72.3 Å². The highest BCUT2D eigenvalue weighted by Crippen LogP contribution is 2.43. The lowest BCUT2D eigenvalue weighted by Crippen LogP contribution is -2.51. The first-order valence-corrected chi connectivity index (χ1v) is 14.3. The largest absolute Gasteiger partial charge is 0.391 e. The Hall–Kier alpha value is -2.64. The Morgan fingerprint density at radius 3 is 2.36 bits per heavy atom. The van der Waals surface area contributed by atoms with E-state index in [2.05, 4.69) is 5.32 Å². The number of hydrogen-bond acceptors (Lipinski definition) is 4. The molecule has 3 rings (SSSR count). The van der Waals surface area contributed by atoms with Gasteiger partial charge in [0, 0.05) is 37.7 Å². The molecule has 39 heavy (non-hydrogen) atoms. The fourth-order valence-electron chi connectivity index (χ4n) is 5.27. The molecular formula is C31H39Cl2N3O3. The van der Waals surface area contributed by atoms with Crippen LogP contribution in [0.2, 0.25) is 10.0 Å². The molecule has 3 atom stereocenters. The van der Waals surface area contributed by atoms with E-state index < -0.39 is 23.3 Å². The molecule has 210 valence electrons. The van der Waals surface area contributed by atoms with Crippen molar-refractivity contribution >= 4 is 35.0 Å². The van der Waals surface area contributed by atoms with Crippen LogP contribution >= 0.6 is 23.2 Å². The van der Waals surface area contributed by atoms with Crippen molar-refractivity contribution in [3.8, 4) is 0 Å². The van der Waals surface area contributed by atoms with Crippen molar-refractivity contribution in [1.29, 1.82) is 0 Å². The number of primary amides is 1. The maximum absolute atomic E-state index is 13.5. The first kappa shape index (κ1) is 30.9. The van der Waals surface area contributed by atoms with Gasteiger partial charge in [0.1, 0.15) is 0 Å². The number of benzene rings is 2. The topological polar surface area (TPSA) is 95.7 Å². The summed E-state index contributed by atoms with van der Waals surface area (Å²) in [5, 5.41) is 15.8. The van der Waals surface area contributed by atoms with Crippen molar-refractivity contribution < 1.29 is 14.7 Å². The molecule has 4 N–H and O–H groups in total. The van der Waals surface area contributed by atoms with E-state index in [4.69, 9.17) is 28.9 Å². The zero-order chi connectivity index (χ0) is 28.4. The summed E-state index contributed by atoms with van der Waals surface area (Å²) in [6, 6.07) is 15.1. The highest BCUT2D eigenvalue weighted by atomic mass is 35.5. The van der Waals surface area contributed by atoms with Gasteiger partial charge in [-0.25, -0.2) is 0 Å². The molecule has 0 bridgehead atoms. The molecule has 0 saturated carbocycles. The highest BCUT2D eigenvalue weighted by molar-refractivity contribution is 6.42. The summed E-state index contributed by atoms with van der Waals surface area (Å²) in [7, 11) is 0. The van der Waals surface area contributed by atoms with Gasteiger partial charge in [0.05, 0.1) is 21.6 Å². The van der Waals surface area contributed by atoms with E-state index in [0.717, 1.165) is 24.0 Å². The van der Waals surface area contributed by atoms with Gasteiger partial charge in [-0.05, 0) is 48.9 Å². The minimum absolute atomic E-state index is 0.0839. The lowest BCUT2D eigenvalue weighted by Gasteiger charge is -2.41. The second-order valence-corrected chi connectivity index (χ2v) is 11.0. The molecule has 0 aliphatic heterocycles. The number of allylic oxidation sites excluding steroid dienone is 2. The first-order chi connectivity index (χ1) is 18.7. The van der Waals surface area contributed by atoms with Crippen molar-refractivity contribution in [3.05, 3.63) is 93.5 Å². The third-order valence-electron chi connectivity index (χ3n) is 7.27. The van der Waals surface area contributed by atoms with Gasteiger partial charge in [-0.2, -0.15) is 0 Å². The second kappa shape index (κ2) is 14.7. The lowest BCUT2D eigenvalue weighted by molar-refractivity contribution is -0.132. The van der Waals surface area contributed by atoms with Crippen LogP contribution in [0.4, 0.5) is 0 Å². The predicted molar refractivity (Wildman–Crippen MR) is 158 cm³/mol. The van der Waals surface area contributed by atoms with Crippen LogP contribution in [0, 0.1) is 11.3 Å². The van der Waals surface area contributed by atoms with Gasteiger partial charge < -0.3 is 21.1 Å². The van der Waals surface area contributed by atoms with Gasteiger partial charge in [-0.3, -0.25) is 9.59 Å². The third-order valence-corrected chi connectivity index (χ3v) is 8.01. The fraction of sp³-hybridized carbons (Fsp3) is 0.419. The number of amides is 2. The number of aliphatic hydroxyl groups excluding tert-OH is 1. The number of nitrogens with one attached hydrogen (secondary N) is 1. The average molecular weight is 573 g/mol. The van der Waals surface area contributed by atoms with Gasteiger partial charge in [-0.1, -0.05) is 91.7 Å². The number of nitrogens with two attached hydrogens (primary N) is 1. The van der Waals surface area contributed by atoms with E-state index in [1.807, 2.05) is 55.1 Å². The molecule has 6 nitrogen and oxygen atoms in total. The number of nitrogens with zero attached hydrogens (tertiary/aromatic N) is 1. The Morgan fingerprint density at radius 2 is 1.74 bits per heavy atom. The molecule has 0 aromatic heterocycles.